The third kappa shape index (κ3) is 2.29. The van der Waals surface area contributed by atoms with E-state index in [1.165, 1.54) is 4.90 Å². The second-order valence-corrected chi connectivity index (χ2v) is 7.99. The van der Waals surface area contributed by atoms with Crippen LogP contribution in [0.3, 0.4) is 0 Å². The first-order chi connectivity index (χ1) is 14.0. The zero-order valence-electron chi connectivity index (χ0n) is 16.7. The number of nitrogens with zero attached hydrogens (tertiary/aromatic N) is 2. The second kappa shape index (κ2) is 6.11. The van der Waals surface area contributed by atoms with Gasteiger partial charge in [-0.3, -0.25) is 9.59 Å². The quantitative estimate of drug-likeness (QED) is 0.733. The van der Waals surface area contributed by atoms with Crippen molar-refractivity contribution in [3.63, 3.8) is 0 Å². The molecule has 0 radical (unpaired) electrons. The normalized spacial score (nSPS) is 23.9. The molecule has 6 nitrogen and oxygen atoms in total. The van der Waals surface area contributed by atoms with E-state index in [0.29, 0.717) is 6.54 Å². The van der Waals surface area contributed by atoms with Crippen molar-refractivity contribution in [3.05, 3.63) is 65.4 Å². The van der Waals surface area contributed by atoms with E-state index < -0.39 is 5.54 Å². The van der Waals surface area contributed by atoms with E-state index >= 15 is 0 Å². The first kappa shape index (κ1) is 17.8. The Kier molecular flexibility index (Phi) is 3.75. The predicted molar refractivity (Wildman–Crippen MR) is 110 cm³/mol. The molecule has 3 heterocycles. The van der Waals surface area contributed by atoms with Gasteiger partial charge in [-0.2, -0.15) is 0 Å². The molecule has 1 saturated heterocycles. The number of carbonyl (C=O) groups excluding carboxylic acids is 2. The fraction of sp³-hybridized carbons (Fsp3) is 0.304. The number of benzene rings is 2. The summed E-state index contributed by atoms with van der Waals surface area (Å²) in [5.41, 5.74) is 2.80. The first-order valence-corrected chi connectivity index (χ1v) is 9.76. The number of aromatic nitrogens is 1. The maximum Gasteiger partial charge on any atom is 0.254 e. The van der Waals surface area contributed by atoms with E-state index in [1.54, 1.807) is 19.1 Å². The molecule has 3 aromatic rings. The standard InChI is InChI=1S/C23H23N3O3/c1-23-21-20(15-9-4-6-10-17(15)24-21)16(14-8-5-7-11-18(14)29-3)12-26(23)19(27)13-25(2)22(23)28/h4-11,16,24H,12-13H2,1-3H3/t16?,23-/m0/s1. The number of rotatable bonds is 2. The Morgan fingerprint density at radius 1 is 1.10 bits per heavy atom. The van der Waals surface area contributed by atoms with Crippen molar-refractivity contribution >= 4 is 22.7 Å². The number of carbonyl (C=O) groups is 2. The van der Waals surface area contributed by atoms with Crippen LogP contribution in [0.2, 0.25) is 0 Å². The summed E-state index contributed by atoms with van der Waals surface area (Å²) < 4.78 is 5.64. The summed E-state index contributed by atoms with van der Waals surface area (Å²) in [6, 6.07) is 16.0. The maximum atomic E-state index is 13.3. The van der Waals surface area contributed by atoms with E-state index in [-0.39, 0.29) is 24.3 Å². The van der Waals surface area contributed by atoms with Crippen LogP contribution in [-0.2, 0) is 15.1 Å². The highest BCUT2D eigenvalue weighted by atomic mass is 16.5. The van der Waals surface area contributed by atoms with Gasteiger partial charge in [-0.25, -0.2) is 0 Å². The highest BCUT2D eigenvalue weighted by Crippen LogP contribution is 2.49. The summed E-state index contributed by atoms with van der Waals surface area (Å²) in [6.07, 6.45) is 0. The molecule has 0 spiro atoms. The maximum absolute atomic E-state index is 13.3. The Morgan fingerprint density at radius 3 is 2.62 bits per heavy atom. The van der Waals surface area contributed by atoms with Crippen LogP contribution in [0.5, 0.6) is 5.75 Å². The number of ether oxygens (including phenoxy) is 1. The number of likely N-dealkylation sites (N-methyl/N-ethyl adjacent to an activating group) is 1. The van der Waals surface area contributed by atoms with Gasteiger partial charge < -0.3 is 19.5 Å². The first-order valence-electron chi connectivity index (χ1n) is 9.76. The van der Waals surface area contributed by atoms with E-state index in [0.717, 1.165) is 33.5 Å². The Labute approximate surface area is 169 Å². The number of amides is 2. The molecule has 5 rings (SSSR count). The van der Waals surface area contributed by atoms with Gasteiger partial charge >= 0.3 is 0 Å². The Morgan fingerprint density at radius 2 is 1.83 bits per heavy atom. The number of hydrogen-bond donors (Lipinski definition) is 1. The second-order valence-electron chi connectivity index (χ2n) is 7.99. The number of methoxy groups -OCH3 is 1. The molecule has 2 aliphatic heterocycles. The van der Waals surface area contributed by atoms with Gasteiger partial charge in [0.25, 0.3) is 5.91 Å². The monoisotopic (exact) mass is 389 g/mol. The fourth-order valence-electron chi connectivity index (χ4n) is 5.01. The smallest absolute Gasteiger partial charge is 0.254 e. The number of para-hydroxylation sites is 2. The van der Waals surface area contributed by atoms with Gasteiger partial charge in [-0.05, 0) is 24.6 Å². The van der Waals surface area contributed by atoms with Gasteiger partial charge in [0.2, 0.25) is 5.91 Å². The zero-order valence-corrected chi connectivity index (χ0v) is 16.7. The molecule has 0 bridgehead atoms. The minimum absolute atomic E-state index is 0.0428. The van der Waals surface area contributed by atoms with Crippen LogP contribution in [0, 0.1) is 0 Å². The third-order valence-corrected chi connectivity index (χ3v) is 6.44. The van der Waals surface area contributed by atoms with E-state index in [2.05, 4.69) is 11.1 Å². The highest BCUT2D eigenvalue weighted by molar-refractivity contribution is 6.01. The fourth-order valence-corrected chi connectivity index (χ4v) is 5.01. The lowest BCUT2D eigenvalue weighted by Gasteiger charge is -2.50. The largest absolute Gasteiger partial charge is 0.496 e. The Balaban J connectivity index is 1.83. The molecule has 2 amide bonds. The van der Waals surface area contributed by atoms with Gasteiger partial charge in [-0.1, -0.05) is 36.4 Å². The number of H-pyrrole nitrogens is 1. The Bertz CT molecular complexity index is 1150. The van der Waals surface area contributed by atoms with Crippen molar-refractivity contribution in [2.45, 2.75) is 18.4 Å². The van der Waals surface area contributed by atoms with Gasteiger partial charge in [0.15, 0.2) is 5.54 Å². The summed E-state index contributed by atoms with van der Waals surface area (Å²) in [6.45, 7) is 2.39. The molecule has 2 aliphatic rings. The van der Waals surface area contributed by atoms with Crippen molar-refractivity contribution in [2.24, 2.45) is 0 Å². The lowest BCUT2D eigenvalue weighted by Crippen LogP contribution is -2.66. The number of piperazine rings is 1. The summed E-state index contributed by atoms with van der Waals surface area (Å²) in [5.74, 6) is 0.581. The molecule has 1 unspecified atom stereocenters. The lowest BCUT2D eigenvalue weighted by molar-refractivity contribution is -0.164. The van der Waals surface area contributed by atoms with Crippen LogP contribution in [0.1, 0.15) is 29.7 Å². The van der Waals surface area contributed by atoms with Crippen LogP contribution in [-0.4, -0.2) is 53.8 Å². The average molecular weight is 389 g/mol. The Hall–Kier alpha value is -3.28. The van der Waals surface area contributed by atoms with Crippen LogP contribution < -0.4 is 4.74 Å². The topological polar surface area (TPSA) is 65.6 Å². The van der Waals surface area contributed by atoms with Gasteiger partial charge in [0.05, 0.1) is 19.3 Å². The highest BCUT2D eigenvalue weighted by Gasteiger charge is 2.55. The predicted octanol–water partition coefficient (Wildman–Crippen LogP) is 2.84. The molecule has 0 saturated carbocycles. The van der Waals surface area contributed by atoms with Crippen LogP contribution in [0.15, 0.2) is 48.5 Å². The van der Waals surface area contributed by atoms with E-state index in [1.807, 2.05) is 49.4 Å². The summed E-state index contributed by atoms with van der Waals surface area (Å²) in [5, 5.41) is 1.08. The third-order valence-electron chi connectivity index (χ3n) is 6.44. The summed E-state index contributed by atoms with van der Waals surface area (Å²) >= 11 is 0. The molecule has 2 aromatic carbocycles. The van der Waals surface area contributed by atoms with E-state index in [4.69, 9.17) is 4.74 Å². The van der Waals surface area contributed by atoms with Crippen LogP contribution in [0.25, 0.3) is 10.9 Å². The molecule has 29 heavy (non-hydrogen) atoms. The molecule has 2 atom stereocenters. The molecule has 148 valence electrons. The number of hydrogen-bond acceptors (Lipinski definition) is 3. The van der Waals surface area contributed by atoms with Gasteiger partial charge in [0.1, 0.15) is 5.75 Å². The molecular formula is C23H23N3O3. The van der Waals surface area contributed by atoms with Crippen LogP contribution in [0.4, 0.5) is 0 Å². The van der Waals surface area contributed by atoms with Gasteiger partial charge in [-0.15, -0.1) is 0 Å². The summed E-state index contributed by atoms with van der Waals surface area (Å²) in [7, 11) is 3.35. The van der Waals surface area contributed by atoms with E-state index in [9.17, 15) is 9.59 Å². The van der Waals surface area contributed by atoms with Crippen molar-refractivity contribution in [1.29, 1.82) is 0 Å². The molecule has 1 aromatic heterocycles. The minimum atomic E-state index is -1.04. The molecule has 1 N–H and O–H groups in total. The van der Waals surface area contributed by atoms with Crippen LogP contribution >= 0.6 is 0 Å². The van der Waals surface area contributed by atoms with Crippen molar-refractivity contribution in [2.75, 3.05) is 27.2 Å². The number of fused-ring (bicyclic) bond motifs is 5. The van der Waals surface area contributed by atoms with Gasteiger partial charge in [0, 0.05) is 36.0 Å². The SMILES string of the molecule is COc1ccccc1C1CN2C(=O)CN(C)C(=O)[C@]2(C)c2[nH]c3ccccc3c21. The minimum Gasteiger partial charge on any atom is -0.496 e. The van der Waals surface area contributed by atoms with Crippen molar-refractivity contribution in [3.8, 4) is 5.75 Å². The molecule has 6 heteroatoms. The average Bonchev–Trinajstić information content (AvgIpc) is 3.13. The lowest BCUT2D eigenvalue weighted by atomic mass is 9.76. The molecular weight excluding hydrogens is 366 g/mol. The summed E-state index contributed by atoms with van der Waals surface area (Å²) in [4.78, 5) is 33.1. The van der Waals surface area contributed by atoms with Crippen molar-refractivity contribution < 1.29 is 14.3 Å². The zero-order chi connectivity index (χ0) is 20.3. The molecule has 0 aliphatic carbocycles. The number of nitrogens with one attached hydrogen (secondary N) is 1. The molecule has 1 fully saturated rings. The van der Waals surface area contributed by atoms with Crippen molar-refractivity contribution in [1.82, 2.24) is 14.8 Å². The number of aromatic amines is 1.